The SMILES string of the molecule is Cc1cccc([N+](=O)[O-])c1S(=O)(=O)N(C)CCC#N. The standard InChI is InChI=1S/C11H13N3O4S/c1-9-5-3-6-10(14(15)16)11(9)19(17,18)13(2)8-4-7-12/h3,5-6H,4,8H2,1-2H3. The highest BCUT2D eigenvalue weighted by Gasteiger charge is 2.30. The van der Waals surface area contributed by atoms with Crippen LogP contribution in [0.4, 0.5) is 5.69 Å². The summed E-state index contributed by atoms with van der Waals surface area (Å²) in [6, 6.07) is 5.92. The third kappa shape index (κ3) is 3.07. The zero-order chi connectivity index (χ0) is 14.6. The molecule has 102 valence electrons. The number of hydrogen-bond acceptors (Lipinski definition) is 5. The van der Waals surface area contributed by atoms with Crippen molar-refractivity contribution in [3.63, 3.8) is 0 Å². The van der Waals surface area contributed by atoms with Crippen molar-refractivity contribution >= 4 is 15.7 Å². The van der Waals surface area contributed by atoms with Gasteiger partial charge in [-0.05, 0) is 12.5 Å². The number of nitro groups is 1. The van der Waals surface area contributed by atoms with Crippen LogP contribution >= 0.6 is 0 Å². The number of nitro benzene ring substituents is 1. The van der Waals surface area contributed by atoms with Crippen molar-refractivity contribution in [1.29, 1.82) is 5.26 Å². The first-order chi connectivity index (χ1) is 8.82. The smallest absolute Gasteiger partial charge is 0.258 e. The van der Waals surface area contributed by atoms with E-state index >= 15 is 0 Å². The first-order valence-electron chi connectivity index (χ1n) is 5.39. The molecule has 0 saturated carbocycles. The number of nitriles is 1. The zero-order valence-electron chi connectivity index (χ0n) is 10.5. The van der Waals surface area contributed by atoms with Crippen molar-refractivity contribution in [1.82, 2.24) is 4.31 Å². The van der Waals surface area contributed by atoms with Crippen LogP contribution in [0.5, 0.6) is 0 Å². The summed E-state index contributed by atoms with van der Waals surface area (Å²) in [5.74, 6) is 0. The Morgan fingerprint density at radius 3 is 2.63 bits per heavy atom. The van der Waals surface area contributed by atoms with Crippen molar-refractivity contribution in [2.45, 2.75) is 18.2 Å². The highest BCUT2D eigenvalue weighted by molar-refractivity contribution is 7.89. The second-order valence-corrected chi connectivity index (χ2v) is 5.90. The lowest BCUT2D eigenvalue weighted by Gasteiger charge is -2.17. The summed E-state index contributed by atoms with van der Waals surface area (Å²) < 4.78 is 25.5. The van der Waals surface area contributed by atoms with Gasteiger partial charge in [0.15, 0.2) is 4.90 Å². The molecule has 0 saturated heterocycles. The van der Waals surface area contributed by atoms with Crippen molar-refractivity contribution in [2.24, 2.45) is 0 Å². The molecule has 0 spiro atoms. The third-order valence-electron chi connectivity index (χ3n) is 2.59. The van der Waals surface area contributed by atoms with Crippen LogP contribution < -0.4 is 0 Å². The molecule has 7 nitrogen and oxygen atoms in total. The van der Waals surface area contributed by atoms with Gasteiger partial charge in [0.2, 0.25) is 10.0 Å². The van der Waals surface area contributed by atoms with E-state index in [9.17, 15) is 18.5 Å². The monoisotopic (exact) mass is 283 g/mol. The van der Waals surface area contributed by atoms with Crippen LogP contribution in [0.3, 0.4) is 0 Å². The fourth-order valence-electron chi connectivity index (χ4n) is 1.60. The molecule has 0 atom stereocenters. The van der Waals surface area contributed by atoms with Crippen molar-refractivity contribution in [3.8, 4) is 6.07 Å². The van der Waals surface area contributed by atoms with Gasteiger partial charge in [0.25, 0.3) is 5.69 Å². The number of nitrogens with zero attached hydrogens (tertiary/aromatic N) is 3. The number of rotatable bonds is 5. The Morgan fingerprint density at radius 1 is 1.47 bits per heavy atom. The maximum absolute atomic E-state index is 12.3. The highest BCUT2D eigenvalue weighted by Crippen LogP contribution is 2.29. The van der Waals surface area contributed by atoms with Gasteiger partial charge in [0.1, 0.15) is 0 Å². The zero-order valence-corrected chi connectivity index (χ0v) is 11.3. The van der Waals surface area contributed by atoms with Crippen LogP contribution in [0.15, 0.2) is 23.1 Å². The van der Waals surface area contributed by atoms with Gasteiger partial charge >= 0.3 is 0 Å². The quantitative estimate of drug-likeness (QED) is 0.600. The molecule has 1 rings (SSSR count). The maximum Gasteiger partial charge on any atom is 0.289 e. The van der Waals surface area contributed by atoms with E-state index in [1.165, 1.54) is 26.1 Å². The minimum atomic E-state index is -3.98. The average molecular weight is 283 g/mol. The first-order valence-corrected chi connectivity index (χ1v) is 6.83. The second kappa shape index (κ2) is 5.77. The Morgan fingerprint density at radius 2 is 2.11 bits per heavy atom. The number of hydrogen-bond donors (Lipinski definition) is 0. The Bertz CT molecular complexity index is 634. The van der Waals surface area contributed by atoms with Gasteiger partial charge < -0.3 is 0 Å². The largest absolute Gasteiger partial charge is 0.289 e. The minimum absolute atomic E-state index is 0.00960. The summed E-state index contributed by atoms with van der Waals surface area (Å²) in [4.78, 5) is 9.88. The van der Waals surface area contributed by atoms with Gasteiger partial charge in [-0.1, -0.05) is 12.1 Å². The molecule has 0 amide bonds. The molecule has 0 radical (unpaired) electrons. The first kappa shape index (κ1) is 15.1. The van der Waals surface area contributed by atoms with Gasteiger partial charge in [-0.3, -0.25) is 10.1 Å². The van der Waals surface area contributed by atoms with Gasteiger partial charge in [-0.2, -0.15) is 9.57 Å². The Kier molecular flexibility index (Phi) is 4.58. The molecule has 1 aromatic carbocycles. The normalized spacial score (nSPS) is 11.3. The number of aryl methyl sites for hydroxylation is 1. The van der Waals surface area contributed by atoms with Crippen LogP contribution in [-0.4, -0.2) is 31.2 Å². The van der Waals surface area contributed by atoms with E-state index in [2.05, 4.69) is 0 Å². The topological polar surface area (TPSA) is 104 Å². The Labute approximate surface area is 111 Å². The fraction of sp³-hybridized carbons (Fsp3) is 0.364. The molecular weight excluding hydrogens is 270 g/mol. The van der Waals surface area contributed by atoms with Crippen molar-refractivity contribution < 1.29 is 13.3 Å². The van der Waals surface area contributed by atoms with E-state index in [1.807, 2.05) is 6.07 Å². The summed E-state index contributed by atoms with van der Waals surface area (Å²) in [5, 5.41) is 19.4. The average Bonchev–Trinajstić information content (AvgIpc) is 2.34. The molecule has 0 N–H and O–H groups in total. The summed E-state index contributed by atoms with van der Waals surface area (Å²) in [6.07, 6.45) is 0.0232. The van der Waals surface area contributed by atoms with E-state index in [0.29, 0.717) is 5.56 Å². The Hall–Kier alpha value is -1.98. The summed E-state index contributed by atoms with van der Waals surface area (Å²) >= 11 is 0. The van der Waals surface area contributed by atoms with Crippen LogP contribution in [0.1, 0.15) is 12.0 Å². The molecule has 19 heavy (non-hydrogen) atoms. The lowest BCUT2D eigenvalue weighted by atomic mass is 10.2. The molecule has 0 unspecified atom stereocenters. The summed E-state index contributed by atoms with van der Waals surface area (Å²) in [6.45, 7) is 1.49. The molecule has 0 aliphatic heterocycles. The van der Waals surface area contributed by atoms with Gasteiger partial charge in [-0.25, -0.2) is 8.42 Å². The molecular formula is C11H13N3O4S. The number of sulfonamides is 1. The Balaban J connectivity index is 3.37. The predicted molar refractivity (Wildman–Crippen MR) is 67.9 cm³/mol. The molecule has 0 fully saturated rings. The molecule has 0 heterocycles. The number of benzene rings is 1. The second-order valence-electron chi connectivity index (χ2n) is 3.91. The van der Waals surface area contributed by atoms with E-state index in [1.54, 1.807) is 0 Å². The van der Waals surface area contributed by atoms with Crippen molar-refractivity contribution in [2.75, 3.05) is 13.6 Å². The molecule has 0 aliphatic rings. The van der Waals surface area contributed by atoms with E-state index in [0.717, 1.165) is 10.4 Å². The third-order valence-corrected chi connectivity index (χ3v) is 4.64. The molecule has 1 aromatic rings. The highest BCUT2D eigenvalue weighted by atomic mass is 32.2. The predicted octanol–water partition coefficient (Wildman–Crippen LogP) is 1.44. The van der Waals surface area contributed by atoms with E-state index in [-0.39, 0.29) is 17.9 Å². The van der Waals surface area contributed by atoms with Crippen molar-refractivity contribution in [3.05, 3.63) is 33.9 Å². The summed E-state index contributed by atoms with van der Waals surface area (Å²) in [5.41, 5.74) is -0.151. The van der Waals surface area contributed by atoms with Crippen LogP contribution in [0, 0.1) is 28.4 Å². The van der Waals surface area contributed by atoms with Crippen LogP contribution in [0.2, 0.25) is 0 Å². The molecule has 0 aromatic heterocycles. The minimum Gasteiger partial charge on any atom is -0.258 e. The van der Waals surface area contributed by atoms with Crippen LogP contribution in [-0.2, 0) is 10.0 Å². The van der Waals surface area contributed by atoms with Gasteiger partial charge in [0, 0.05) is 26.1 Å². The van der Waals surface area contributed by atoms with E-state index < -0.39 is 20.6 Å². The fourth-order valence-corrected chi connectivity index (χ4v) is 3.12. The van der Waals surface area contributed by atoms with Gasteiger partial charge in [0.05, 0.1) is 11.0 Å². The summed E-state index contributed by atoms with van der Waals surface area (Å²) in [7, 11) is -2.68. The molecule has 8 heteroatoms. The van der Waals surface area contributed by atoms with Gasteiger partial charge in [-0.15, -0.1) is 0 Å². The van der Waals surface area contributed by atoms with Crippen LogP contribution in [0.25, 0.3) is 0 Å². The maximum atomic E-state index is 12.3. The lowest BCUT2D eigenvalue weighted by Crippen LogP contribution is -2.29. The lowest BCUT2D eigenvalue weighted by molar-refractivity contribution is -0.387. The van der Waals surface area contributed by atoms with E-state index in [4.69, 9.17) is 5.26 Å². The molecule has 0 aliphatic carbocycles. The molecule has 0 bridgehead atoms.